The third-order valence-corrected chi connectivity index (χ3v) is 6.19. The zero-order valence-corrected chi connectivity index (χ0v) is 19.3. The predicted molar refractivity (Wildman–Crippen MR) is 137 cm³/mol. The van der Waals surface area contributed by atoms with E-state index in [-0.39, 0.29) is 5.82 Å². The Balaban J connectivity index is 1.51. The van der Waals surface area contributed by atoms with Gasteiger partial charge in [-0.15, -0.1) is 0 Å². The van der Waals surface area contributed by atoms with E-state index < -0.39 is 0 Å². The maximum atomic E-state index is 13.8. The van der Waals surface area contributed by atoms with Gasteiger partial charge in [-0.05, 0) is 76.7 Å². The maximum absolute atomic E-state index is 13.8. The van der Waals surface area contributed by atoms with E-state index >= 15 is 0 Å². The van der Waals surface area contributed by atoms with E-state index in [1.54, 1.807) is 12.3 Å². The van der Waals surface area contributed by atoms with Crippen LogP contribution in [0.15, 0.2) is 73.1 Å². The fraction of sp³-hybridized carbons (Fsp3) is 0. The van der Waals surface area contributed by atoms with Crippen LogP contribution < -0.4 is 5.73 Å². The van der Waals surface area contributed by atoms with E-state index in [0.717, 1.165) is 47.9 Å². The van der Waals surface area contributed by atoms with Crippen LogP contribution in [0.25, 0.3) is 55.7 Å². The molecular weight excluding hydrogens is 530 g/mol. The van der Waals surface area contributed by atoms with Crippen LogP contribution in [0.1, 0.15) is 0 Å². The number of anilines is 1. The average molecular weight is 546 g/mol. The van der Waals surface area contributed by atoms with Gasteiger partial charge < -0.3 is 10.7 Å². The van der Waals surface area contributed by atoms with Crippen molar-refractivity contribution in [2.45, 2.75) is 0 Å². The average Bonchev–Trinajstić information content (AvgIpc) is 3.41. The number of aromatic nitrogens is 5. The van der Waals surface area contributed by atoms with Crippen molar-refractivity contribution in [1.82, 2.24) is 25.1 Å². The molecular formula is C25H16FIN6. The van der Waals surface area contributed by atoms with E-state index in [2.05, 4.69) is 59.9 Å². The number of fused-ring (bicyclic) bond motifs is 2. The summed E-state index contributed by atoms with van der Waals surface area (Å²) in [6, 6.07) is 18.3. The van der Waals surface area contributed by atoms with Crippen molar-refractivity contribution in [1.29, 1.82) is 0 Å². The molecule has 6 nitrogen and oxygen atoms in total. The van der Waals surface area contributed by atoms with E-state index in [1.165, 1.54) is 12.1 Å². The lowest BCUT2D eigenvalue weighted by Crippen LogP contribution is -1.89. The normalized spacial score (nSPS) is 11.5. The molecule has 0 radical (unpaired) electrons. The molecule has 0 aliphatic heterocycles. The van der Waals surface area contributed by atoms with Crippen molar-refractivity contribution in [3.63, 3.8) is 0 Å². The molecule has 0 aliphatic rings. The van der Waals surface area contributed by atoms with Gasteiger partial charge in [0, 0.05) is 49.1 Å². The zero-order valence-electron chi connectivity index (χ0n) is 17.1. The largest absolute Gasteiger partial charge is 0.399 e. The Labute approximate surface area is 201 Å². The van der Waals surface area contributed by atoms with Gasteiger partial charge in [-0.3, -0.25) is 10.1 Å². The number of benzene rings is 2. The highest BCUT2D eigenvalue weighted by Gasteiger charge is 2.16. The Morgan fingerprint density at radius 2 is 1.76 bits per heavy atom. The first-order valence-corrected chi connectivity index (χ1v) is 11.3. The van der Waals surface area contributed by atoms with Gasteiger partial charge in [-0.25, -0.2) is 9.37 Å². The van der Waals surface area contributed by atoms with Gasteiger partial charge in [0.2, 0.25) is 0 Å². The van der Waals surface area contributed by atoms with Crippen LogP contribution in [0.5, 0.6) is 0 Å². The summed E-state index contributed by atoms with van der Waals surface area (Å²) in [5.41, 5.74) is 13.3. The minimum Gasteiger partial charge on any atom is -0.399 e. The number of H-pyrrole nitrogens is 2. The smallest absolute Gasteiger partial charge is 0.155 e. The molecule has 0 amide bonds. The van der Waals surface area contributed by atoms with Crippen LogP contribution in [0, 0.1) is 9.39 Å². The minimum atomic E-state index is -0.296. The number of nitrogens with zero attached hydrogens (tertiary/aromatic N) is 3. The number of hydrogen-bond donors (Lipinski definition) is 3. The summed E-state index contributed by atoms with van der Waals surface area (Å²) < 4.78 is 14.9. The van der Waals surface area contributed by atoms with Crippen molar-refractivity contribution >= 4 is 50.2 Å². The summed E-state index contributed by atoms with van der Waals surface area (Å²) in [5.74, 6) is -0.296. The predicted octanol–water partition coefficient (Wildman–Crippen LogP) is 6.16. The molecule has 0 aliphatic carbocycles. The molecule has 0 saturated carbocycles. The molecule has 0 unspecified atom stereocenters. The number of pyridine rings is 2. The molecule has 0 spiro atoms. The van der Waals surface area contributed by atoms with Crippen molar-refractivity contribution in [2.24, 2.45) is 0 Å². The third-order valence-electron chi connectivity index (χ3n) is 5.57. The summed E-state index contributed by atoms with van der Waals surface area (Å²) in [4.78, 5) is 12.5. The van der Waals surface area contributed by atoms with Gasteiger partial charge in [0.1, 0.15) is 11.5 Å². The van der Waals surface area contributed by atoms with Gasteiger partial charge in [-0.1, -0.05) is 12.1 Å². The minimum absolute atomic E-state index is 0.296. The zero-order chi connectivity index (χ0) is 22.5. The second-order valence-corrected chi connectivity index (χ2v) is 9.03. The lowest BCUT2D eigenvalue weighted by molar-refractivity contribution is 0.628. The second-order valence-electron chi connectivity index (χ2n) is 7.78. The first kappa shape index (κ1) is 19.9. The molecule has 0 bridgehead atoms. The molecule has 4 aromatic heterocycles. The topological polar surface area (TPSA) is 96.3 Å². The molecule has 6 rings (SSSR count). The molecule has 33 heavy (non-hydrogen) atoms. The van der Waals surface area contributed by atoms with Gasteiger partial charge in [0.25, 0.3) is 0 Å². The number of hydrogen-bond acceptors (Lipinski definition) is 4. The molecule has 0 atom stereocenters. The number of nitrogen functional groups attached to an aromatic ring is 1. The lowest BCUT2D eigenvalue weighted by Gasteiger charge is -2.04. The van der Waals surface area contributed by atoms with Crippen molar-refractivity contribution in [2.75, 3.05) is 5.73 Å². The van der Waals surface area contributed by atoms with E-state index in [9.17, 15) is 4.39 Å². The van der Waals surface area contributed by atoms with Crippen LogP contribution in [0.3, 0.4) is 0 Å². The highest BCUT2D eigenvalue weighted by molar-refractivity contribution is 14.1. The molecule has 0 saturated heterocycles. The van der Waals surface area contributed by atoms with Crippen molar-refractivity contribution < 1.29 is 4.39 Å². The molecule has 8 heteroatoms. The Hall–Kier alpha value is -3.79. The number of nitrogens with two attached hydrogens (primary N) is 1. The van der Waals surface area contributed by atoms with Gasteiger partial charge in [-0.2, -0.15) is 5.10 Å². The maximum Gasteiger partial charge on any atom is 0.155 e. The molecule has 4 heterocycles. The van der Waals surface area contributed by atoms with Crippen LogP contribution in [0.4, 0.5) is 10.1 Å². The number of nitrogens with one attached hydrogen (secondary N) is 2. The fourth-order valence-corrected chi connectivity index (χ4v) is 4.79. The highest BCUT2D eigenvalue weighted by atomic mass is 127. The summed E-state index contributed by atoms with van der Waals surface area (Å²) in [7, 11) is 0. The van der Waals surface area contributed by atoms with E-state index in [4.69, 9.17) is 5.73 Å². The van der Waals surface area contributed by atoms with Crippen LogP contribution in [-0.4, -0.2) is 25.1 Å². The quantitative estimate of drug-likeness (QED) is 0.183. The standard InChI is InChI=1S/C25H16FIN6/c26-16-3-1-2-13(6-16)23-19-11-22(31-21(19)4-5-29-23)24-20-9-15(12-30-25(20)33-32-24)14-7-17(27)10-18(28)8-14/h1-12,31H,28H2,(H,30,32,33). The molecule has 0 fully saturated rings. The fourth-order valence-electron chi connectivity index (χ4n) is 4.09. The Morgan fingerprint density at radius 3 is 2.61 bits per heavy atom. The van der Waals surface area contributed by atoms with Crippen LogP contribution >= 0.6 is 22.6 Å². The number of rotatable bonds is 3. The lowest BCUT2D eigenvalue weighted by atomic mass is 10.0. The van der Waals surface area contributed by atoms with E-state index in [0.29, 0.717) is 17.0 Å². The second kappa shape index (κ2) is 7.66. The molecule has 160 valence electrons. The van der Waals surface area contributed by atoms with Crippen molar-refractivity contribution in [3.8, 4) is 33.8 Å². The number of aromatic amines is 2. The van der Waals surface area contributed by atoms with Crippen LogP contribution in [-0.2, 0) is 0 Å². The SMILES string of the molecule is Nc1cc(I)cc(-c2cnc3[nH]nc(-c4cc5c(-c6cccc(F)c6)nccc5[nH]4)c3c2)c1. The highest BCUT2D eigenvalue weighted by Crippen LogP contribution is 2.34. The summed E-state index contributed by atoms with van der Waals surface area (Å²) in [6.45, 7) is 0. The Bertz CT molecular complexity index is 1650. The third kappa shape index (κ3) is 3.52. The van der Waals surface area contributed by atoms with Gasteiger partial charge in [0.15, 0.2) is 5.65 Å². The Morgan fingerprint density at radius 1 is 0.848 bits per heavy atom. The van der Waals surface area contributed by atoms with Gasteiger partial charge >= 0.3 is 0 Å². The number of halogens is 2. The first-order chi connectivity index (χ1) is 16.0. The van der Waals surface area contributed by atoms with Crippen LogP contribution in [0.2, 0.25) is 0 Å². The summed E-state index contributed by atoms with van der Waals surface area (Å²) in [5, 5.41) is 9.31. The van der Waals surface area contributed by atoms with E-state index in [1.807, 2.05) is 36.5 Å². The van der Waals surface area contributed by atoms with Crippen molar-refractivity contribution in [3.05, 3.63) is 82.4 Å². The molecule has 4 N–H and O–H groups in total. The molecule has 6 aromatic rings. The molecule has 2 aromatic carbocycles. The van der Waals surface area contributed by atoms with Gasteiger partial charge in [0.05, 0.1) is 11.4 Å². The first-order valence-electron chi connectivity index (χ1n) is 10.2. The summed E-state index contributed by atoms with van der Waals surface area (Å²) in [6.07, 6.45) is 3.53. The monoisotopic (exact) mass is 546 g/mol. The summed E-state index contributed by atoms with van der Waals surface area (Å²) >= 11 is 2.25. The Kier molecular flexibility index (Phi) is 4.61.